The molecule has 2 N–H and O–H groups in total. The molecule has 4 atom stereocenters. The maximum Gasteiger partial charge on any atom is 0.534 e. The van der Waals surface area contributed by atoms with Gasteiger partial charge < -0.3 is 24.1 Å². The number of halogens is 3. The standard InChI is InChI=1S/C36H41F3N4O6S/c1-20(2)30(42-34(45)48-3)33(44)43-24-11-10-23(16-24)31(43)32-40-19-28(41-32)22-8-6-21(7-9-22)25-12-13-29(49-50(46,47)36(37,38)39)27-18-35(17-26(25)27)14-4-5-15-35/h6-9,12-13,19-20,23-24,30-31H,4-5,10-11,14-18H2,1-3H3,(H,40,41)(H,42,45)/t23?,24?,30-,31-/m0/s1. The summed E-state index contributed by atoms with van der Waals surface area (Å²) in [6.45, 7) is 3.77. The summed E-state index contributed by atoms with van der Waals surface area (Å²) in [5.74, 6) is 0.396. The van der Waals surface area contributed by atoms with E-state index in [-0.39, 0.29) is 41.0 Å². The number of imidazole rings is 1. The average Bonchev–Trinajstić information content (AvgIpc) is 3.92. The lowest BCUT2D eigenvalue weighted by Gasteiger charge is -2.37. The van der Waals surface area contributed by atoms with Crippen LogP contribution in [0.3, 0.4) is 0 Å². The van der Waals surface area contributed by atoms with Gasteiger partial charge in [-0.2, -0.15) is 21.6 Å². The smallest absolute Gasteiger partial charge is 0.453 e. The number of hydrogen-bond donors (Lipinski definition) is 2. The van der Waals surface area contributed by atoms with E-state index in [1.807, 2.05) is 43.0 Å². The first kappa shape index (κ1) is 34.4. The van der Waals surface area contributed by atoms with Crippen molar-refractivity contribution in [3.05, 3.63) is 59.5 Å². The molecule has 0 radical (unpaired) electrons. The number of methoxy groups -OCH3 is 1. The van der Waals surface area contributed by atoms with E-state index in [0.29, 0.717) is 24.2 Å². The predicted molar refractivity (Wildman–Crippen MR) is 178 cm³/mol. The van der Waals surface area contributed by atoms with Crippen LogP contribution in [0.2, 0.25) is 0 Å². The average molecular weight is 715 g/mol. The third-order valence-electron chi connectivity index (χ3n) is 11.3. The van der Waals surface area contributed by atoms with E-state index in [9.17, 15) is 31.2 Å². The maximum absolute atomic E-state index is 13.9. The molecule has 2 bridgehead atoms. The Balaban J connectivity index is 1.15. The van der Waals surface area contributed by atoms with Gasteiger partial charge in [0.2, 0.25) is 5.91 Å². The Kier molecular flexibility index (Phi) is 8.67. The van der Waals surface area contributed by atoms with Crippen LogP contribution in [0.5, 0.6) is 5.75 Å². The number of hydrogen-bond acceptors (Lipinski definition) is 7. The number of carbonyl (C=O) groups is 2. The number of likely N-dealkylation sites (tertiary alicyclic amines) is 1. The fourth-order valence-corrected chi connectivity index (χ4v) is 9.34. The van der Waals surface area contributed by atoms with Crippen LogP contribution < -0.4 is 9.50 Å². The number of piperidine rings is 1. The highest BCUT2D eigenvalue weighted by Crippen LogP contribution is 2.54. The Morgan fingerprint density at radius 3 is 2.36 bits per heavy atom. The van der Waals surface area contributed by atoms with E-state index in [1.165, 1.54) is 13.2 Å². The number of aromatic nitrogens is 2. The molecule has 3 aromatic rings. The van der Waals surface area contributed by atoms with Crippen molar-refractivity contribution >= 4 is 22.1 Å². The second kappa shape index (κ2) is 12.6. The zero-order valence-corrected chi connectivity index (χ0v) is 29.0. The van der Waals surface area contributed by atoms with E-state index in [2.05, 4.69) is 10.3 Å². The second-order valence-corrected chi connectivity index (χ2v) is 16.2. The summed E-state index contributed by atoms with van der Waals surface area (Å²) in [7, 11) is -4.53. The largest absolute Gasteiger partial charge is 0.534 e. The van der Waals surface area contributed by atoms with Crippen molar-refractivity contribution < 1.29 is 40.1 Å². The van der Waals surface area contributed by atoms with Gasteiger partial charge in [0, 0.05) is 11.6 Å². The third kappa shape index (κ3) is 6.02. The highest BCUT2D eigenvalue weighted by Gasteiger charge is 2.52. The fourth-order valence-electron chi connectivity index (χ4n) is 8.85. The lowest BCUT2D eigenvalue weighted by atomic mass is 9.83. The molecule has 10 nitrogen and oxygen atoms in total. The predicted octanol–water partition coefficient (Wildman–Crippen LogP) is 7.06. The third-order valence-corrected chi connectivity index (χ3v) is 12.2. The van der Waals surface area contributed by atoms with E-state index in [0.717, 1.165) is 72.9 Å². The summed E-state index contributed by atoms with van der Waals surface area (Å²) < 4.78 is 73.1. The maximum atomic E-state index is 13.9. The van der Waals surface area contributed by atoms with Gasteiger partial charge in [0.25, 0.3) is 0 Å². The number of H-pyrrole nitrogens is 1. The van der Waals surface area contributed by atoms with Gasteiger partial charge in [-0.3, -0.25) is 4.79 Å². The number of carbonyl (C=O) groups excluding carboxylic acids is 2. The van der Waals surface area contributed by atoms with Gasteiger partial charge in [0.05, 0.1) is 25.0 Å². The van der Waals surface area contributed by atoms with Crippen molar-refractivity contribution in [2.45, 2.75) is 95.3 Å². The first-order valence-electron chi connectivity index (χ1n) is 17.2. The molecule has 2 aromatic carbocycles. The monoisotopic (exact) mass is 714 g/mol. The summed E-state index contributed by atoms with van der Waals surface area (Å²) in [4.78, 5) is 36.0. The molecule has 1 saturated heterocycles. The molecule has 268 valence electrons. The minimum Gasteiger partial charge on any atom is -0.453 e. The summed E-state index contributed by atoms with van der Waals surface area (Å²) in [6.07, 6.45) is 8.91. The molecule has 1 aromatic heterocycles. The molecule has 7 rings (SSSR count). The van der Waals surface area contributed by atoms with Crippen LogP contribution in [0.4, 0.5) is 18.0 Å². The van der Waals surface area contributed by atoms with E-state index < -0.39 is 27.8 Å². The molecule has 1 spiro atoms. The molecule has 2 saturated carbocycles. The van der Waals surface area contributed by atoms with Crippen molar-refractivity contribution in [1.82, 2.24) is 20.2 Å². The molecule has 2 unspecified atom stereocenters. The van der Waals surface area contributed by atoms with Crippen LogP contribution >= 0.6 is 0 Å². The van der Waals surface area contributed by atoms with Gasteiger partial charge in [-0.05, 0) is 90.5 Å². The molecule has 14 heteroatoms. The lowest BCUT2D eigenvalue weighted by molar-refractivity contribution is -0.139. The Hall–Kier alpha value is -4.07. The first-order chi connectivity index (χ1) is 23.7. The summed E-state index contributed by atoms with van der Waals surface area (Å²) in [5.41, 5.74) is -0.932. The summed E-state index contributed by atoms with van der Waals surface area (Å²) in [5, 5.41) is 2.71. The minimum absolute atomic E-state index is 0.0708. The number of nitrogens with one attached hydrogen (secondary N) is 2. The quantitative estimate of drug-likeness (QED) is 0.189. The Bertz CT molecular complexity index is 1900. The number of benzene rings is 2. The highest BCUT2D eigenvalue weighted by atomic mass is 32.2. The SMILES string of the molecule is COC(=O)N[C@H](C(=O)N1C2CCC(C2)[C@H]1c1ncc(-c2ccc(-c3ccc(OS(=O)(=O)C(F)(F)F)c4c3CC3(CCCC3)C4)cc2)[nH]1)C(C)C. The van der Waals surface area contributed by atoms with Crippen molar-refractivity contribution in [3.8, 4) is 28.1 Å². The number of aromatic amines is 1. The van der Waals surface area contributed by atoms with Crippen molar-refractivity contribution in [2.24, 2.45) is 17.3 Å². The Labute approximate surface area is 289 Å². The minimum atomic E-state index is -5.80. The second-order valence-electron chi connectivity index (χ2n) is 14.6. The number of ether oxygens (including phenoxy) is 1. The number of fused-ring (bicyclic) bond motifs is 3. The molecule has 2 heterocycles. The van der Waals surface area contributed by atoms with Crippen LogP contribution in [-0.2, 0) is 32.5 Å². The topological polar surface area (TPSA) is 131 Å². The van der Waals surface area contributed by atoms with Crippen LogP contribution in [-0.4, -0.2) is 60.0 Å². The molecule has 3 fully saturated rings. The Morgan fingerprint density at radius 2 is 1.70 bits per heavy atom. The normalized spacial score (nSPS) is 23.0. The molecule has 1 aliphatic heterocycles. The van der Waals surface area contributed by atoms with Gasteiger partial charge in [-0.1, -0.05) is 57.0 Å². The molecule has 2 amide bonds. The zero-order chi connectivity index (χ0) is 35.6. The van der Waals surface area contributed by atoms with Crippen molar-refractivity contribution in [1.29, 1.82) is 0 Å². The highest BCUT2D eigenvalue weighted by molar-refractivity contribution is 7.88. The molecular weight excluding hydrogens is 673 g/mol. The molecule has 3 aliphatic carbocycles. The van der Waals surface area contributed by atoms with Gasteiger partial charge in [-0.15, -0.1) is 0 Å². The van der Waals surface area contributed by atoms with Crippen LogP contribution in [0.1, 0.15) is 81.8 Å². The fraction of sp³-hybridized carbons (Fsp3) is 0.528. The molecule has 50 heavy (non-hydrogen) atoms. The molecule has 4 aliphatic rings. The van der Waals surface area contributed by atoms with Gasteiger partial charge in [0.1, 0.15) is 17.6 Å². The van der Waals surface area contributed by atoms with Crippen molar-refractivity contribution in [2.75, 3.05) is 7.11 Å². The summed E-state index contributed by atoms with van der Waals surface area (Å²) in [6, 6.07) is 9.85. The van der Waals surface area contributed by atoms with Gasteiger partial charge >= 0.3 is 21.7 Å². The van der Waals surface area contributed by atoms with Crippen LogP contribution in [0.15, 0.2) is 42.6 Å². The summed E-state index contributed by atoms with van der Waals surface area (Å²) >= 11 is 0. The van der Waals surface area contributed by atoms with E-state index in [4.69, 9.17) is 13.9 Å². The van der Waals surface area contributed by atoms with Crippen LogP contribution in [0.25, 0.3) is 22.4 Å². The molecular formula is C36H41F3N4O6S. The number of alkyl halides is 3. The van der Waals surface area contributed by atoms with E-state index >= 15 is 0 Å². The van der Waals surface area contributed by atoms with Gasteiger partial charge in [-0.25, -0.2) is 9.78 Å². The number of amides is 2. The van der Waals surface area contributed by atoms with Crippen molar-refractivity contribution in [3.63, 3.8) is 0 Å². The first-order valence-corrected chi connectivity index (χ1v) is 18.6. The van der Waals surface area contributed by atoms with Crippen LogP contribution in [0, 0.1) is 17.3 Å². The zero-order valence-electron chi connectivity index (χ0n) is 28.2. The number of rotatable bonds is 8. The lowest BCUT2D eigenvalue weighted by Crippen LogP contribution is -2.54. The Morgan fingerprint density at radius 1 is 1.02 bits per heavy atom. The number of alkyl carbamates (subject to hydrolysis) is 1. The van der Waals surface area contributed by atoms with Gasteiger partial charge in [0.15, 0.2) is 0 Å². The van der Waals surface area contributed by atoms with E-state index in [1.54, 1.807) is 12.3 Å². The number of nitrogens with zero attached hydrogens (tertiary/aromatic N) is 2.